The molecule has 0 radical (unpaired) electrons. The number of sulfonamides is 1. The SMILES string of the molecule is CCS(=O)(=O)c1ccccc1C(=O)N1CCN(S(=O)(=O)CC)CC1. The zero-order valence-electron chi connectivity index (χ0n) is 13.8. The molecule has 0 atom stereocenters. The predicted octanol–water partition coefficient (Wildman–Crippen LogP) is 0.588. The van der Waals surface area contributed by atoms with Gasteiger partial charge in [-0.15, -0.1) is 0 Å². The van der Waals surface area contributed by atoms with E-state index in [2.05, 4.69) is 0 Å². The third-order valence-electron chi connectivity index (χ3n) is 4.12. The number of hydrogen-bond acceptors (Lipinski definition) is 5. The average Bonchev–Trinajstić information content (AvgIpc) is 2.61. The lowest BCUT2D eigenvalue weighted by Gasteiger charge is -2.34. The highest BCUT2D eigenvalue weighted by molar-refractivity contribution is 7.91. The van der Waals surface area contributed by atoms with Gasteiger partial charge in [-0.2, -0.15) is 4.31 Å². The number of carbonyl (C=O) groups excluding carboxylic acids is 1. The first kappa shape index (κ1) is 18.9. The Hall–Kier alpha value is -1.45. The van der Waals surface area contributed by atoms with Crippen molar-refractivity contribution < 1.29 is 21.6 Å². The van der Waals surface area contributed by atoms with Crippen molar-refractivity contribution in [1.82, 2.24) is 9.21 Å². The zero-order valence-corrected chi connectivity index (χ0v) is 15.4. The van der Waals surface area contributed by atoms with Crippen LogP contribution < -0.4 is 0 Å². The number of hydrogen-bond donors (Lipinski definition) is 0. The maximum Gasteiger partial charge on any atom is 0.255 e. The Bertz CT molecular complexity index is 810. The van der Waals surface area contributed by atoms with Gasteiger partial charge in [0.05, 0.1) is 22.0 Å². The van der Waals surface area contributed by atoms with E-state index in [1.807, 2.05) is 0 Å². The molecule has 24 heavy (non-hydrogen) atoms. The van der Waals surface area contributed by atoms with Crippen LogP contribution in [0.25, 0.3) is 0 Å². The smallest absolute Gasteiger partial charge is 0.255 e. The molecule has 1 aromatic carbocycles. The molecule has 0 bridgehead atoms. The molecule has 1 aliphatic rings. The van der Waals surface area contributed by atoms with E-state index >= 15 is 0 Å². The van der Waals surface area contributed by atoms with Crippen LogP contribution in [0.15, 0.2) is 29.2 Å². The minimum absolute atomic E-state index is 0.0263. The van der Waals surface area contributed by atoms with Crippen molar-refractivity contribution in [2.24, 2.45) is 0 Å². The fraction of sp³-hybridized carbons (Fsp3) is 0.533. The van der Waals surface area contributed by atoms with Crippen molar-refractivity contribution in [3.05, 3.63) is 29.8 Å². The summed E-state index contributed by atoms with van der Waals surface area (Å²) >= 11 is 0. The number of benzene rings is 1. The molecule has 0 spiro atoms. The van der Waals surface area contributed by atoms with Crippen LogP contribution in [0.3, 0.4) is 0 Å². The van der Waals surface area contributed by atoms with E-state index in [-0.39, 0.29) is 54.1 Å². The van der Waals surface area contributed by atoms with Crippen LogP contribution in [0.2, 0.25) is 0 Å². The summed E-state index contributed by atoms with van der Waals surface area (Å²) in [5, 5.41) is 0. The van der Waals surface area contributed by atoms with E-state index in [4.69, 9.17) is 0 Å². The molecule has 1 aromatic rings. The molecule has 0 unspecified atom stereocenters. The van der Waals surface area contributed by atoms with Crippen LogP contribution in [0.5, 0.6) is 0 Å². The number of nitrogens with zero attached hydrogens (tertiary/aromatic N) is 2. The van der Waals surface area contributed by atoms with Crippen molar-refractivity contribution >= 4 is 25.8 Å². The molecular formula is C15H22N2O5S2. The van der Waals surface area contributed by atoms with Gasteiger partial charge in [-0.05, 0) is 19.1 Å². The van der Waals surface area contributed by atoms with Gasteiger partial charge in [0.2, 0.25) is 10.0 Å². The number of carbonyl (C=O) groups is 1. The second-order valence-electron chi connectivity index (χ2n) is 5.49. The van der Waals surface area contributed by atoms with Crippen LogP contribution >= 0.6 is 0 Å². The molecular weight excluding hydrogens is 352 g/mol. The Balaban J connectivity index is 2.21. The summed E-state index contributed by atoms with van der Waals surface area (Å²) in [4.78, 5) is 14.2. The second-order valence-corrected chi connectivity index (χ2v) is 10.00. The van der Waals surface area contributed by atoms with Crippen molar-refractivity contribution in [3.8, 4) is 0 Å². The van der Waals surface area contributed by atoms with Crippen molar-refractivity contribution in [2.75, 3.05) is 37.7 Å². The molecule has 1 heterocycles. The highest BCUT2D eigenvalue weighted by Crippen LogP contribution is 2.20. The molecule has 2 rings (SSSR count). The molecule has 0 aromatic heterocycles. The van der Waals surface area contributed by atoms with Crippen LogP contribution in [0, 0.1) is 0 Å². The molecule has 1 amide bonds. The monoisotopic (exact) mass is 374 g/mol. The lowest BCUT2D eigenvalue weighted by atomic mass is 10.2. The number of rotatable bonds is 5. The van der Waals surface area contributed by atoms with Crippen molar-refractivity contribution in [3.63, 3.8) is 0 Å². The third-order valence-corrected chi connectivity index (χ3v) is 7.78. The highest BCUT2D eigenvalue weighted by Gasteiger charge is 2.30. The van der Waals surface area contributed by atoms with Gasteiger partial charge in [0.1, 0.15) is 0 Å². The van der Waals surface area contributed by atoms with Gasteiger partial charge < -0.3 is 4.90 Å². The minimum atomic E-state index is -3.50. The lowest BCUT2D eigenvalue weighted by Crippen LogP contribution is -2.51. The van der Waals surface area contributed by atoms with E-state index < -0.39 is 19.9 Å². The zero-order chi connectivity index (χ0) is 18.0. The summed E-state index contributed by atoms with van der Waals surface area (Å²) in [7, 11) is -6.78. The summed E-state index contributed by atoms with van der Waals surface area (Å²) < 4.78 is 49.4. The molecule has 1 aliphatic heterocycles. The van der Waals surface area contributed by atoms with Gasteiger partial charge in [-0.25, -0.2) is 16.8 Å². The van der Waals surface area contributed by atoms with E-state index in [1.165, 1.54) is 28.3 Å². The summed E-state index contributed by atoms with van der Waals surface area (Å²) in [5.41, 5.74) is 0.145. The quantitative estimate of drug-likeness (QED) is 0.752. The Labute approximate surface area is 143 Å². The second kappa shape index (κ2) is 7.20. The maximum absolute atomic E-state index is 12.7. The Kier molecular flexibility index (Phi) is 5.67. The molecule has 0 N–H and O–H groups in total. The van der Waals surface area contributed by atoms with Gasteiger partial charge in [0.15, 0.2) is 9.84 Å². The minimum Gasteiger partial charge on any atom is -0.336 e. The van der Waals surface area contributed by atoms with Gasteiger partial charge in [-0.1, -0.05) is 19.1 Å². The van der Waals surface area contributed by atoms with Gasteiger partial charge in [0, 0.05) is 26.2 Å². The first-order valence-corrected chi connectivity index (χ1v) is 11.1. The average molecular weight is 374 g/mol. The molecule has 7 nitrogen and oxygen atoms in total. The van der Waals surface area contributed by atoms with Crippen molar-refractivity contribution in [2.45, 2.75) is 18.7 Å². The van der Waals surface area contributed by atoms with Gasteiger partial charge >= 0.3 is 0 Å². The molecule has 134 valence electrons. The topological polar surface area (TPSA) is 91.8 Å². The Morgan fingerprint density at radius 2 is 1.54 bits per heavy atom. The first-order valence-electron chi connectivity index (χ1n) is 7.81. The molecule has 1 saturated heterocycles. The number of piperazine rings is 1. The van der Waals surface area contributed by atoms with Crippen LogP contribution in [0.1, 0.15) is 24.2 Å². The number of amides is 1. The molecule has 0 aliphatic carbocycles. The largest absolute Gasteiger partial charge is 0.336 e. The Morgan fingerprint density at radius 3 is 2.08 bits per heavy atom. The highest BCUT2D eigenvalue weighted by atomic mass is 32.2. The molecule has 1 fully saturated rings. The summed E-state index contributed by atoms with van der Waals surface area (Å²) in [6, 6.07) is 6.15. The number of sulfone groups is 1. The first-order chi connectivity index (χ1) is 11.2. The standard InChI is InChI=1S/C15H22N2O5S2/c1-3-23(19,20)14-8-6-5-7-13(14)15(18)16-9-11-17(12-10-16)24(21,22)4-2/h5-8H,3-4,9-12H2,1-2H3. The van der Waals surface area contributed by atoms with Crippen LogP contribution in [-0.2, 0) is 19.9 Å². The summed E-state index contributed by atoms with van der Waals surface area (Å²) in [6.45, 7) is 4.07. The van der Waals surface area contributed by atoms with E-state index in [9.17, 15) is 21.6 Å². The lowest BCUT2D eigenvalue weighted by molar-refractivity contribution is 0.0694. The van der Waals surface area contributed by atoms with E-state index in [0.29, 0.717) is 0 Å². The van der Waals surface area contributed by atoms with Crippen LogP contribution in [0.4, 0.5) is 0 Å². The van der Waals surface area contributed by atoms with Gasteiger partial charge in [-0.3, -0.25) is 4.79 Å². The fourth-order valence-corrected chi connectivity index (χ4v) is 4.76. The maximum atomic E-state index is 12.7. The normalized spacial score (nSPS) is 17.0. The molecule has 9 heteroatoms. The fourth-order valence-electron chi connectivity index (χ4n) is 2.59. The van der Waals surface area contributed by atoms with Crippen LogP contribution in [-0.4, -0.2) is 69.6 Å². The Morgan fingerprint density at radius 1 is 0.958 bits per heavy atom. The van der Waals surface area contributed by atoms with Gasteiger partial charge in [0.25, 0.3) is 5.91 Å². The summed E-state index contributed by atoms with van der Waals surface area (Å²) in [6.07, 6.45) is 0. The van der Waals surface area contributed by atoms with E-state index in [0.717, 1.165) is 0 Å². The molecule has 0 saturated carbocycles. The summed E-state index contributed by atoms with van der Waals surface area (Å²) in [5.74, 6) is -0.436. The van der Waals surface area contributed by atoms with E-state index in [1.54, 1.807) is 19.1 Å². The third kappa shape index (κ3) is 3.79. The predicted molar refractivity (Wildman–Crippen MR) is 91.1 cm³/mol. The van der Waals surface area contributed by atoms with Crippen molar-refractivity contribution in [1.29, 1.82) is 0 Å².